The summed E-state index contributed by atoms with van der Waals surface area (Å²) < 4.78 is 1.69. The first-order valence-corrected chi connectivity index (χ1v) is 8.30. The molecule has 6 heteroatoms. The molecule has 0 radical (unpaired) electrons. The molecular formula is C18H22N4O2. The molecule has 2 unspecified atom stereocenters. The molecular weight excluding hydrogens is 304 g/mol. The first-order chi connectivity index (χ1) is 11.6. The summed E-state index contributed by atoms with van der Waals surface area (Å²) >= 11 is 0. The molecule has 0 bridgehead atoms. The van der Waals surface area contributed by atoms with Crippen molar-refractivity contribution in [2.75, 3.05) is 5.32 Å². The van der Waals surface area contributed by atoms with Gasteiger partial charge in [0.2, 0.25) is 0 Å². The number of carbonyl (C=O) groups excluding carboxylic acids is 2. The standard InChI is InChI=1S/C18H22N4O2/c1-3-22-11-14(10-19-22)20-17(23)18(24)21-16-12(2)8-9-13-6-4-5-7-15(13)16/h4-7,10-12,16H,3,8-9H2,1-2H3,(H,20,23)(H,21,24). The maximum atomic E-state index is 12.3. The number of hydrogen-bond acceptors (Lipinski definition) is 3. The number of nitrogens with zero attached hydrogens (tertiary/aromatic N) is 2. The van der Waals surface area contributed by atoms with Gasteiger partial charge in [-0.2, -0.15) is 5.10 Å². The van der Waals surface area contributed by atoms with Crippen LogP contribution in [0.25, 0.3) is 0 Å². The lowest BCUT2D eigenvalue weighted by molar-refractivity contribution is -0.136. The van der Waals surface area contributed by atoms with Gasteiger partial charge in [0.25, 0.3) is 0 Å². The van der Waals surface area contributed by atoms with Crippen LogP contribution >= 0.6 is 0 Å². The molecule has 24 heavy (non-hydrogen) atoms. The van der Waals surface area contributed by atoms with E-state index in [1.165, 1.54) is 11.8 Å². The van der Waals surface area contributed by atoms with E-state index in [0.29, 0.717) is 18.2 Å². The van der Waals surface area contributed by atoms with Crippen molar-refractivity contribution < 1.29 is 9.59 Å². The van der Waals surface area contributed by atoms with E-state index in [1.807, 2.05) is 25.1 Å². The zero-order valence-electron chi connectivity index (χ0n) is 14.0. The van der Waals surface area contributed by atoms with Gasteiger partial charge in [-0.15, -0.1) is 0 Å². The number of benzene rings is 1. The maximum Gasteiger partial charge on any atom is 0.313 e. The Hall–Kier alpha value is -2.63. The first-order valence-electron chi connectivity index (χ1n) is 8.30. The Morgan fingerprint density at radius 3 is 2.83 bits per heavy atom. The van der Waals surface area contributed by atoms with Crippen molar-refractivity contribution >= 4 is 17.5 Å². The van der Waals surface area contributed by atoms with E-state index in [0.717, 1.165) is 18.4 Å². The number of hydrogen-bond donors (Lipinski definition) is 2. The van der Waals surface area contributed by atoms with Crippen molar-refractivity contribution in [3.63, 3.8) is 0 Å². The van der Waals surface area contributed by atoms with Crippen LogP contribution in [-0.2, 0) is 22.6 Å². The largest absolute Gasteiger partial charge is 0.341 e. The Morgan fingerprint density at radius 2 is 2.08 bits per heavy atom. The number of nitrogens with one attached hydrogen (secondary N) is 2. The highest BCUT2D eigenvalue weighted by atomic mass is 16.2. The predicted octanol–water partition coefficient (Wildman–Crippen LogP) is 2.28. The molecule has 0 saturated carbocycles. The molecule has 1 aliphatic carbocycles. The van der Waals surface area contributed by atoms with Gasteiger partial charge in [0.15, 0.2) is 0 Å². The molecule has 1 aromatic heterocycles. The van der Waals surface area contributed by atoms with Gasteiger partial charge in [-0.05, 0) is 36.8 Å². The van der Waals surface area contributed by atoms with E-state index >= 15 is 0 Å². The number of carbonyl (C=O) groups is 2. The van der Waals surface area contributed by atoms with Crippen LogP contribution in [0.4, 0.5) is 5.69 Å². The number of rotatable bonds is 3. The Bertz CT molecular complexity index is 753. The minimum atomic E-state index is -0.666. The third kappa shape index (κ3) is 3.32. The fourth-order valence-corrected chi connectivity index (χ4v) is 3.14. The summed E-state index contributed by atoms with van der Waals surface area (Å²) in [7, 11) is 0. The molecule has 1 aliphatic rings. The predicted molar refractivity (Wildman–Crippen MR) is 91.3 cm³/mol. The molecule has 1 heterocycles. The SMILES string of the molecule is CCn1cc(NC(=O)C(=O)NC2c3ccccc3CCC2C)cn1. The van der Waals surface area contributed by atoms with E-state index in [9.17, 15) is 9.59 Å². The average Bonchev–Trinajstić information content (AvgIpc) is 3.05. The average molecular weight is 326 g/mol. The van der Waals surface area contributed by atoms with E-state index < -0.39 is 11.8 Å². The Morgan fingerprint density at radius 1 is 1.29 bits per heavy atom. The second-order valence-corrected chi connectivity index (χ2v) is 6.20. The molecule has 2 amide bonds. The fraction of sp³-hybridized carbons (Fsp3) is 0.389. The van der Waals surface area contributed by atoms with Crippen LogP contribution in [0.1, 0.15) is 37.4 Å². The number of aromatic nitrogens is 2. The molecule has 126 valence electrons. The van der Waals surface area contributed by atoms with Crippen molar-refractivity contribution in [2.24, 2.45) is 5.92 Å². The van der Waals surface area contributed by atoms with E-state index in [1.54, 1.807) is 10.9 Å². The summed E-state index contributed by atoms with van der Waals surface area (Å²) in [5.74, 6) is -0.992. The molecule has 2 N–H and O–H groups in total. The van der Waals surface area contributed by atoms with E-state index in [4.69, 9.17) is 0 Å². The van der Waals surface area contributed by atoms with Gasteiger partial charge in [-0.1, -0.05) is 31.2 Å². The third-order valence-corrected chi connectivity index (χ3v) is 4.54. The van der Waals surface area contributed by atoms with Crippen LogP contribution in [0.2, 0.25) is 0 Å². The normalized spacial score (nSPS) is 19.4. The van der Waals surface area contributed by atoms with Gasteiger partial charge in [0.1, 0.15) is 0 Å². The lowest BCUT2D eigenvalue weighted by atomic mass is 9.80. The highest BCUT2D eigenvalue weighted by Gasteiger charge is 2.29. The molecule has 0 spiro atoms. The van der Waals surface area contributed by atoms with Gasteiger partial charge in [-0.3, -0.25) is 14.3 Å². The van der Waals surface area contributed by atoms with Crippen LogP contribution in [0.3, 0.4) is 0 Å². The van der Waals surface area contributed by atoms with Crippen molar-refractivity contribution in [3.05, 3.63) is 47.8 Å². The van der Waals surface area contributed by atoms with E-state index in [2.05, 4.69) is 28.7 Å². The number of fused-ring (bicyclic) bond motifs is 1. The van der Waals surface area contributed by atoms with Gasteiger partial charge in [-0.25, -0.2) is 0 Å². The highest BCUT2D eigenvalue weighted by Crippen LogP contribution is 2.33. The Kier molecular flexibility index (Phi) is 4.64. The quantitative estimate of drug-likeness (QED) is 0.850. The third-order valence-electron chi connectivity index (χ3n) is 4.54. The summed E-state index contributed by atoms with van der Waals surface area (Å²) in [4.78, 5) is 24.4. The Labute approximate surface area is 141 Å². The zero-order valence-corrected chi connectivity index (χ0v) is 14.0. The molecule has 3 rings (SSSR count). The number of aryl methyl sites for hydroxylation is 2. The van der Waals surface area contributed by atoms with Crippen LogP contribution < -0.4 is 10.6 Å². The summed E-state index contributed by atoms with van der Waals surface area (Å²) in [5.41, 5.74) is 2.87. The molecule has 6 nitrogen and oxygen atoms in total. The van der Waals surface area contributed by atoms with Gasteiger partial charge >= 0.3 is 11.8 Å². The minimum absolute atomic E-state index is 0.133. The van der Waals surface area contributed by atoms with Crippen LogP contribution in [-0.4, -0.2) is 21.6 Å². The Balaban J connectivity index is 1.68. The van der Waals surface area contributed by atoms with Crippen molar-refractivity contribution in [3.8, 4) is 0 Å². The van der Waals surface area contributed by atoms with Crippen LogP contribution in [0.5, 0.6) is 0 Å². The molecule has 2 aromatic rings. The molecule has 0 aliphatic heterocycles. The minimum Gasteiger partial charge on any atom is -0.341 e. The monoisotopic (exact) mass is 326 g/mol. The summed E-state index contributed by atoms with van der Waals surface area (Å²) in [5, 5.41) is 9.55. The van der Waals surface area contributed by atoms with Crippen LogP contribution in [0, 0.1) is 5.92 Å². The zero-order chi connectivity index (χ0) is 17.1. The van der Waals surface area contributed by atoms with Crippen molar-refractivity contribution in [2.45, 2.75) is 39.3 Å². The summed E-state index contributed by atoms with van der Waals surface area (Å²) in [6.07, 6.45) is 5.23. The summed E-state index contributed by atoms with van der Waals surface area (Å²) in [6, 6.07) is 7.95. The first kappa shape index (κ1) is 16.2. The van der Waals surface area contributed by atoms with E-state index in [-0.39, 0.29) is 6.04 Å². The van der Waals surface area contributed by atoms with Gasteiger partial charge in [0, 0.05) is 12.7 Å². The van der Waals surface area contributed by atoms with Gasteiger partial charge < -0.3 is 10.6 Å². The molecule has 0 saturated heterocycles. The smallest absolute Gasteiger partial charge is 0.313 e. The van der Waals surface area contributed by atoms with Gasteiger partial charge in [0.05, 0.1) is 17.9 Å². The fourth-order valence-electron chi connectivity index (χ4n) is 3.14. The van der Waals surface area contributed by atoms with Crippen molar-refractivity contribution in [1.82, 2.24) is 15.1 Å². The lowest BCUT2D eigenvalue weighted by Gasteiger charge is -2.31. The second kappa shape index (κ2) is 6.86. The lowest BCUT2D eigenvalue weighted by Crippen LogP contribution is -2.41. The highest BCUT2D eigenvalue weighted by molar-refractivity contribution is 6.39. The molecule has 1 aromatic carbocycles. The number of amides is 2. The molecule has 2 atom stereocenters. The number of anilines is 1. The maximum absolute atomic E-state index is 12.3. The van der Waals surface area contributed by atoms with Crippen molar-refractivity contribution in [1.29, 1.82) is 0 Å². The van der Waals surface area contributed by atoms with Crippen LogP contribution in [0.15, 0.2) is 36.7 Å². The summed E-state index contributed by atoms with van der Waals surface area (Å²) in [6.45, 7) is 4.76. The second-order valence-electron chi connectivity index (χ2n) is 6.20. The topological polar surface area (TPSA) is 76.0 Å². The molecule has 0 fully saturated rings.